The van der Waals surface area contributed by atoms with Crippen LogP contribution in [0.15, 0.2) is 59.4 Å². The fourth-order valence-corrected chi connectivity index (χ4v) is 5.19. The SMILES string of the molecule is O=c1ccc2ccc(OCCCCN3CCN(c4cccc5sc(O)cc45)CC3)cc2[nH]1. The smallest absolute Gasteiger partial charge is 0.248 e. The van der Waals surface area contributed by atoms with Crippen LogP contribution < -0.4 is 15.2 Å². The summed E-state index contributed by atoms with van der Waals surface area (Å²) in [5.74, 6) is 0.793. The first-order chi connectivity index (χ1) is 15.7. The number of H-pyrrole nitrogens is 1. The standard InChI is InChI=1S/C25H27N3O3S/c29-24-9-7-18-6-8-19(16-21(18)26-24)31-15-2-1-10-27-11-13-28(14-12-27)22-4-3-5-23-20(22)17-25(30)32-23/h3-9,16-17,30H,1-2,10-15H2,(H,26,29). The number of rotatable bonds is 7. The van der Waals surface area contributed by atoms with Gasteiger partial charge in [0.1, 0.15) is 5.75 Å². The maximum absolute atomic E-state index is 11.5. The lowest BCUT2D eigenvalue weighted by Gasteiger charge is -2.36. The fraction of sp³-hybridized carbons (Fsp3) is 0.320. The number of pyridine rings is 1. The van der Waals surface area contributed by atoms with Crippen molar-refractivity contribution in [3.8, 4) is 10.8 Å². The van der Waals surface area contributed by atoms with Gasteiger partial charge < -0.3 is 19.7 Å². The highest BCUT2D eigenvalue weighted by atomic mass is 32.1. The van der Waals surface area contributed by atoms with Gasteiger partial charge in [0.15, 0.2) is 5.06 Å². The zero-order chi connectivity index (χ0) is 21.9. The first-order valence-corrected chi connectivity index (χ1v) is 11.9. The summed E-state index contributed by atoms with van der Waals surface area (Å²) < 4.78 is 7.03. The van der Waals surface area contributed by atoms with Gasteiger partial charge in [-0.2, -0.15) is 0 Å². The topological polar surface area (TPSA) is 68.8 Å². The molecule has 2 aromatic carbocycles. The molecule has 1 fully saturated rings. The number of benzene rings is 2. The molecule has 3 heterocycles. The van der Waals surface area contributed by atoms with E-state index in [9.17, 15) is 9.90 Å². The normalized spacial score (nSPS) is 14.9. The van der Waals surface area contributed by atoms with Crippen LogP contribution in [0.3, 0.4) is 0 Å². The molecule has 0 atom stereocenters. The van der Waals surface area contributed by atoms with Crippen LogP contribution in [0.25, 0.3) is 21.0 Å². The van der Waals surface area contributed by atoms with E-state index in [1.54, 1.807) is 0 Å². The Balaban J connectivity index is 1.06. The largest absolute Gasteiger partial charge is 0.499 e. The van der Waals surface area contributed by atoms with Gasteiger partial charge in [-0.25, -0.2) is 0 Å². The molecule has 32 heavy (non-hydrogen) atoms. The van der Waals surface area contributed by atoms with E-state index in [1.165, 1.54) is 23.1 Å². The molecule has 4 aromatic rings. The third kappa shape index (κ3) is 4.59. The third-order valence-electron chi connectivity index (χ3n) is 6.07. The molecule has 1 aliphatic heterocycles. The van der Waals surface area contributed by atoms with E-state index >= 15 is 0 Å². The van der Waals surface area contributed by atoms with Crippen LogP contribution in [0.1, 0.15) is 12.8 Å². The fourth-order valence-electron chi connectivity index (χ4n) is 4.37. The minimum atomic E-state index is -0.0973. The van der Waals surface area contributed by atoms with E-state index in [2.05, 4.69) is 33.0 Å². The average molecular weight is 450 g/mol. The van der Waals surface area contributed by atoms with E-state index < -0.39 is 0 Å². The molecule has 5 rings (SSSR count). The molecule has 0 spiro atoms. The van der Waals surface area contributed by atoms with Gasteiger partial charge in [0.2, 0.25) is 5.56 Å². The van der Waals surface area contributed by atoms with E-state index in [0.717, 1.165) is 72.3 Å². The minimum absolute atomic E-state index is 0.0973. The molecule has 7 heteroatoms. The molecule has 2 aromatic heterocycles. The molecular weight excluding hydrogens is 422 g/mol. The van der Waals surface area contributed by atoms with E-state index in [-0.39, 0.29) is 5.56 Å². The molecule has 166 valence electrons. The van der Waals surface area contributed by atoms with Crippen LogP contribution in [-0.4, -0.2) is 54.3 Å². The van der Waals surface area contributed by atoms with Crippen LogP contribution in [0.4, 0.5) is 5.69 Å². The second kappa shape index (κ2) is 9.22. The Hall–Kier alpha value is -3.03. The third-order valence-corrected chi connectivity index (χ3v) is 6.98. The molecule has 1 saturated heterocycles. The molecular formula is C25H27N3O3S. The molecule has 0 bridgehead atoms. The van der Waals surface area contributed by atoms with E-state index in [0.29, 0.717) is 11.7 Å². The van der Waals surface area contributed by atoms with Crippen LogP contribution in [-0.2, 0) is 0 Å². The van der Waals surface area contributed by atoms with Gasteiger partial charge in [0.05, 0.1) is 12.1 Å². The van der Waals surface area contributed by atoms with Gasteiger partial charge >= 0.3 is 0 Å². The van der Waals surface area contributed by atoms with Crippen LogP contribution in [0, 0.1) is 0 Å². The summed E-state index contributed by atoms with van der Waals surface area (Å²) in [5, 5.41) is 12.4. The number of fused-ring (bicyclic) bond motifs is 2. The first kappa shape index (κ1) is 20.8. The highest BCUT2D eigenvalue weighted by Gasteiger charge is 2.19. The summed E-state index contributed by atoms with van der Waals surface area (Å²) in [4.78, 5) is 19.3. The molecule has 0 amide bonds. The van der Waals surface area contributed by atoms with Gasteiger partial charge in [-0.15, -0.1) is 0 Å². The van der Waals surface area contributed by atoms with Crippen molar-refractivity contribution in [1.29, 1.82) is 0 Å². The monoisotopic (exact) mass is 449 g/mol. The lowest BCUT2D eigenvalue weighted by atomic mass is 10.1. The van der Waals surface area contributed by atoms with Gasteiger partial charge in [-0.3, -0.25) is 9.69 Å². The van der Waals surface area contributed by atoms with E-state index in [1.807, 2.05) is 30.3 Å². The van der Waals surface area contributed by atoms with E-state index in [4.69, 9.17) is 4.74 Å². The maximum Gasteiger partial charge on any atom is 0.248 e. The number of nitrogens with zero attached hydrogens (tertiary/aromatic N) is 2. The van der Waals surface area contributed by atoms with Crippen LogP contribution in [0.2, 0.25) is 0 Å². The summed E-state index contributed by atoms with van der Waals surface area (Å²) in [5.41, 5.74) is 1.94. The number of aromatic hydroxyl groups is 1. The zero-order valence-electron chi connectivity index (χ0n) is 17.9. The van der Waals surface area contributed by atoms with Crippen molar-refractivity contribution in [2.24, 2.45) is 0 Å². The highest BCUT2D eigenvalue weighted by Crippen LogP contribution is 2.36. The Morgan fingerprint density at radius 2 is 1.84 bits per heavy atom. The predicted octanol–water partition coefficient (Wildman–Crippen LogP) is 4.43. The number of ether oxygens (including phenoxy) is 1. The summed E-state index contributed by atoms with van der Waals surface area (Å²) >= 11 is 1.44. The summed E-state index contributed by atoms with van der Waals surface area (Å²) in [6, 6.07) is 17.4. The van der Waals surface area contributed by atoms with Gasteiger partial charge in [-0.05, 0) is 55.1 Å². The van der Waals surface area contributed by atoms with Crippen LogP contribution >= 0.6 is 11.3 Å². The second-order valence-corrected chi connectivity index (χ2v) is 9.29. The number of nitrogens with one attached hydrogen (secondary N) is 1. The Morgan fingerprint density at radius 1 is 1.00 bits per heavy atom. The average Bonchev–Trinajstić information content (AvgIpc) is 3.19. The summed E-state index contributed by atoms with van der Waals surface area (Å²) in [6.07, 6.45) is 2.09. The summed E-state index contributed by atoms with van der Waals surface area (Å²) in [6.45, 7) is 5.84. The Bertz CT molecular complexity index is 1270. The summed E-state index contributed by atoms with van der Waals surface area (Å²) in [7, 11) is 0. The Kier molecular flexibility index (Phi) is 6.01. The van der Waals surface area contributed by atoms with Crippen molar-refractivity contribution in [3.05, 3.63) is 65.0 Å². The van der Waals surface area contributed by atoms with Crippen molar-refractivity contribution in [2.45, 2.75) is 12.8 Å². The maximum atomic E-state index is 11.5. The molecule has 2 N–H and O–H groups in total. The quantitative estimate of drug-likeness (QED) is 0.409. The number of piperazine rings is 1. The van der Waals surface area contributed by atoms with Gasteiger partial charge in [-0.1, -0.05) is 17.4 Å². The minimum Gasteiger partial charge on any atom is -0.499 e. The molecule has 0 radical (unpaired) electrons. The number of anilines is 1. The number of thiophene rings is 1. The lowest BCUT2D eigenvalue weighted by Crippen LogP contribution is -2.46. The van der Waals surface area contributed by atoms with Gasteiger partial charge in [0.25, 0.3) is 0 Å². The Morgan fingerprint density at radius 3 is 2.72 bits per heavy atom. The number of hydrogen-bond acceptors (Lipinski definition) is 6. The van der Waals surface area contributed by atoms with Crippen molar-refractivity contribution in [1.82, 2.24) is 9.88 Å². The predicted molar refractivity (Wildman–Crippen MR) is 131 cm³/mol. The van der Waals surface area contributed by atoms with Crippen molar-refractivity contribution in [3.63, 3.8) is 0 Å². The van der Waals surface area contributed by atoms with Crippen molar-refractivity contribution >= 4 is 38.0 Å². The number of aromatic nitrogens is 1. The molecule has 0 aliphatic carbocycles. The van der Waals surface area contributed by atoms with Gasteiger partial charge in [0, 0.05) is 60.2 Å². The lowest BCUT2D eigenvalue weighted by molar-refractivity contribution is 0.239. The molecule has 6 nitrogen and oxygen atoms in total. The number of aromatic amines is 1. The zero-order valence-corrected chi connectivity index (χ0v) is 18.7. The highest BCUT2D eigenvalue weighted by molar-refractivity contribution is 7.20. The number of unbranched alkanes of at least 4 members (excludes halogenated alkanes) is 1. The molecule has 1 aliphatic rings. The van der Waals surface area contributed by atoms with Crippen molar-refractivity contribution in [2.75, 3.05) is 44.2 Å². The first-order valence-electron chi connectivity index (χ1n) is 11.1. The molecule has 0 unspecified atom stereocenters. The molecule has 0 saturated carbocycles. The van der Waals surface area contributed by atoms with Crippen molar-refractivity contribution < 1.29 is 9.84 Å². The number of hydrogen-bond donors (Lipinski definition) is 2. The van der Waals surface area contributed by atoms with Crippen LogP contribution in [0.5, 0.6) is 10.8 Å². The Labute approximate surface area is 190 Å². The second-order valence-electron chi connectivity index (χ2n) is 8.23.